The first-order valence-electron chi connectivity index (χ1n) is 7.64. The topological polar surface area (TPSA) is 80.3 Å². The lowest BCUT2D eigenvalue weighted by molar-refractivity contribution is -0.133. The van der Waals surface area contributed by atoms with Crippen molar-refractivity contribution in [2.75, 3.05) is 59.4 Å². The summed E-state index contributed by atoms with van der Waals surface area (Å²) in [6, 6.07) is 3.50. The molecule has 1 N–H and O–H groups in total. The van der Waals surface area contributed by atoms with Crippen LogP contribution in [-0.2, 0) is 9.59 Å². The molecule has 8 nitrogen and oxygen atoms in total. The van der Waals surface area contributed by atoms with Gasteiger partial charge in [-0.15, -0.1) is 0 Å². The molecule has 24 heavy (non-hydrogen) atoms. The van der Waals surface area contributed by atoms with Gasteiger partial charge in [-0.3, -0.25) is 9.59 Å². The van der Waals surface area contributed by atoms with Crippen LogP contribution in [0.4, 0.5) is 5.69 Å². The van der Waals surface area contributed by atoms with Gasteiger partial charge in [0.05, 0.1) is 27.9 Å². The molecule has 2 amide bonds. The molecular weight excluding hydrogens is 314 g/mol. The van der Waals surface area contributed by atoms with E-state index in [1.165, 1.54) is 7.11 Å². The molecule has 1 saturated heterocycles. The zero-order valence-corrected chi connectivity index (χ0v) is 14.2. The Morgan fingerprint density at radius 1 is 1.08 bits per heavy atom. The zero-order chi connectivity index (χ0) is 17.5. The van der Waals surface area contributed by atoms with Crippen LogP contribution >= 0.6 is 0 Å². The van der Waals surface area contributed by atoms with E-state index in [0.717, 1.165) is 6.41 Å². The number of anilines is 1. The Balaban J connectivity index is 1.98. The third-order valence-electron chi connectivity index (χ3n) is 3.92. The molecule has 0 aromatic heterocycles. The number of ether oxygens (including phenoxy) is 3. The molecule has 1 aliphatic rings. The normalized spacial score (nSPS) is 14.1. The van der Waals surface area contributed by atoms with Gasteiger partial charge in [0.1, 0.15) is 0 Å². The number of carbonyl (C=O) groups excluding carboxylic acids is 2. The number of nitrogens with one attached hydrogen (secondary N) is 1. The van der Waals surface area contributed by atoms with E-state index in [-0.39, 0.29) is 12.5 Å². The largest absolute Gasteiger partial charge is 0.493 e. The quantitative estimate of drug-likeness (QED) is 0.727. The molecule has 1 aromatic rings. The zero-order valence-electron chi connectivity index (χ0n) is 14.2. The third-order valence-corrected chi connectivity index (χ3v) is 3.92. The van der Waals surface area contributed by atoms with E-state index in [4.69, 9.17) is 14.2 Å². The maximum Gasteiger partial charge on any atom is 0.241 e. The van der Waals surface area contributed by atoms with Gasteiger partial charge in [0.25, 0.3) is 0 Å². The van der Waals surface area contributed by atoms with Gasteiger partial charge in [0.2, 0.25) is 18.1 Å². The molecule has 1 fully saturated rings. The second kappa shape index (κ2) is 8.28. The van der Waals surface area contributed by atoms with Gasteiger partial charge in [-0.2, -0.15) is 0 Å². The van der Waals surface area contributed by atoms with E-state index < -0.39 is 0 Å². The van der Waals surface area contributed by atoms with Crippen LogP contribution < -0.4 is 19.5 Å². The summed E-state index contributed by atoms with van der Waals surface area (Å²) in [5.74, 6) is 1.52. The lowest BCUT2D eigenvalue weighted by Crippen LogP contribution is -2.49. The Morgan fingerprint density at radius 2 is 1.67 bits per heavy atom. The van der Waals surface area contributed by atoms with E-state index in [1.54, 1.807) is 36.2 Å². The lowest BCUT2D eigenvalue weighted by atomic mass is 10.2. The Hall–Kier alpha value is -2.64. The molecule has 0 spiro atoms. The second-order valence-corrected chi connectivity index (χ2v) is 5.29. The van der Waals surface area contributed by atoms with E-state index in [2.05, 4.69) is 5.32 Å². The highest BCUT2D eigenvalue weighted by Gasteiger charge is 2.20. The average molecular weight is 337 g/mol. The molecule has 1 heterocycles. The number of nitrogens with zero attached hydrogens (tertiary/aromatic N) is 2. The molecule has 2 rings (SSSR count). The third kappa shape index (κ3) is 4.01. The highest BCUT2D eigenvalue weighted by atomic mass is 16.5. The maximum atomic E-state index is 12.3. The summed E-state index contributed by atoms with van der Waals surface area (Å²) in [5.41, 5.74) is 0.698. The first kappa shape index (κ1) is 17.7. The SMILES string of the molecule is COc1cc(NCC(=O)N2CCN(C=O)CC2)cc(OC)c1OC. The van der Waals surface area contributed by atoms with Crippen LogP contribution in [-0.4, -0.2) is 76.2 Å². The van der Waals surface area contributed by atoms with Crippen molar-refractivity contribution in [3.05, 3.63) is 12.1 Å². The molecule has 0 unspecified atom stereocenters. The number of methoxy groups -OCH3 is 3. The molecule has 132 valence electrons. The van der Waals surface area contributed by atoms with Gasteiger partial charge in [0, 0.05) is 44.0 Å². The summed E-state index contributed by atoms with van der Waals surface area (Å²) in [4.78, 5) is 26.4. The molecular formula is C16H23N3O5. The Morgan fingerprint density at radius 3 is 2.12 bits per heavy atom. The predicted molar refractivity (Wildman–Crippen MR) is 88.8 cm³/mol. The summed E-state index contributed by atoms with van der Waals surface area (Å²) >= 11 is 0. The Bertz CT molecular complexity index is 560. The second-order valence-electron chi connectivity index (χ2n) is 5.29. The fourth-order valence-corrected chi connectivity index (χ4v) is 2.55. The van der Waals surface area contributed by atoms with E-state index >= 15 is 0 Å². The van der Waals surface area contributed by atoms with Crippen LogP contribution in [0.15, 0.2) is 12.1 Å². The van der Waals surface area contributed by atoms with Crippen LogP contribution in [0.2, 0.25) is 0 Å². The summed E-state index contributed by atoms with van der Waals surface area (Å²) in [7, 11) is 4.62. The predicted octanol–water partition coefficient (Wildman–Crippen LogP) is 0.425. The molecule has 1 aromatic carbocycles. The minimum atomic E-state index is -0.0192. The van der Waals surface area contributed by atoms with Crippen molar-refractivity contribution in [1.29, 1.82) is 0 Å². The van der Waals surface area contributed by atoms with Crippen molar-refractivity contribution in [3.63, 3.8) is 0 Å². The van der Waals surface area contributed by atoms with Crippen LogP contribution in [0.5, 0.6) is 17.2 Å². The smallest absolute Gasteiger partial charge is 0.241 e. The fraction of sp³-hybridized carbons (Fsp3) is 0.500. The van der Waals surface area contributed by atoms with E-state index in [9.17, 15) is 9.59 Å². The number of hydrogen-bond donors (Lipinski definition) is 1. The fourth-order valence-electron chi connectivity index (χ4n) is 2.55. The number of piperazine rings is 1. The maximum absolute atomic E-state index is 12.3. The Kier molecular flexibility index (Phi) is 6.11. The Labute approximate surface area is 141 Å². The molecule has 0 saturated carbocycles. The van der Waals surface area contributed by atoms with Crippen molar-refractivity contribution in [3.8, 4) is 17.2 Å². The first-order chi connectivity index (χ1) is 11.6. The van der Waals surface area contributed by atoms with Crippen molar-refractivity contribution < 1.29 is 23.8 Å². The van der Waals surface area contributed by atoms with Crippen molar-refractivity contribution >= 4 is 18.0 Å². The number of rotatable bonds is 7. The van der Waals surface area contributed by atoms with E-state index in [0.29, 0.717) is 49.1 Å². The molecule has 8 heteroatoms. The average Bonchev–Trinajstić information content (AvgIpc) is 2.65. The van der Waals surface area contributed by atoms with Crippen LogP contribution in [0, 0.1) is 0 Å². The molecule has 0 bridgehead atoms. The van der Waals surface area contributed by atoms with Crippen molar-refractivity contribution in [2.45, 2.75) is 0 Å². The number of hydrogen-bond acceptors (Lipinski definition) is 6. The van der Waals surface area contributed by atoms with E-state index in [1.807, 2.05) is 0 Å². The number of amides is 2. The summed E-state index contributed by atoms with van der Waals surface area (Å²) in [6.07, 6.45) is 0.815. The first-order valence-corrected chi connectivity index (χ1v) is 7.64. The van der Waals surface area contributed by atoms with Gasteiger partial charge >= 0.3 is 0 Å². The highest BCUT2D eigenvalue weighted by molar-refractivity contribution is 5.81. The molecule has 0 atom stereocenters. The summed E-state index contributed by atoms with van der Waals surface area (Å²) in [5, 5.41) is 3.08. The number of benzene rings is 1. The minimum Gasteiger partial charge on any atom is -0.493 e. The summed E-state index contributed by atoms with van der Waals surface area (Å²) < 4.78 is 15.8. The van der Waals surface area contributed by atoms with Crippen LogP contribution in [0.1, 0.15) is 0 Å². The molecule has 0 radical (unpaired) electrons. The minimum absolute atomic E-state index is 0.0192. The van der Waals surface area contributed by atoms with Gasteiger partial charge in [-0.25, -0.2) is 0 Å². The standard InChI is InChI=1S/C16H23N3O5/c1-22-13-8-12(9-14(23-2)16(13)24-3)17-10-15(21)19-6-4-18(11-20)5-7-19/h8-9,11,17H,4-7,10H2,1-3H3. The van der Waals surface area contributed by atoms with Crippen LogP contribution in [0.25, 0.3) is 0 Å². The van der Waals surface area contributed by atoms with Gasteiger partial charge in [-0.05, 0) is 0 Å². The van der Waals surface area contributed by atoms with Crippen LogP contribution in [0.3, 0.4) is 0 Å². The molecule has 0 aliphatic carbocycles. The highest BCUT2D eigenvalue weighted by Crippen LogP contribution is 2.39. The van der Waals surface area contributed by atoms with Crippen molar-refractivity contribution in [2.24, 2.45) is 0 Å². The lowest BCUT2D eigenvalue weighted by Gasteiger charge is -2.32. The van der Waals surface area contributed by atoms with Gasteiger partial charge < -0.3 is 29.3 Å². The monoisotopic (exact) mass is 337 g/mol. The summed E-state index contributed by atoms with van der Waals surface area (Å²) in [6.45, 7) is 2.39. The van der Waals surface area contributed by atoms with Gasteiger partial charge in [-0.1, -0.05) is 0 Å². The molecule has 1 aliphatic heterocycles. The van der Waals surface area contributed by atoms with Gasteiger partial charge in [0.15, 0.2) is 11.5 Å². The van der Waals surface area contributed by atoms with Crippen molar-refractivity contribution in [1.82, 2.24) is 9.80 Å². The number of carbonyl (C=O) groups is 2.